The van der Waals surface area contributed by atoms with Crippen LogP contribution >= 0.6 is 23.7 Å². The van der Waals surface area contributed by atoms with E-state index in [9.17, 15) is 4.79 Å². The molecule has 27 heavy (non-hydrogen) atoms. The van der Waals surface area contributed by atoms with Crippen molar-refractivity contribution in [2.45, 2.75) is 19.9 Å². The Hall–Kier alpha value is -2.42. The number of rotatable bonds is 4. The zero-order chi connectivity index (χ0) is 18.1. The van der Waals surface area contributed by atoms with Crippen molar-refractivity contribution < 1.29 is 9.53 Å². The fourth-order valence-corrected chi connectivity index (χ4v) is 3.87. The number of H-pyrrole nitrogens is 1. The predicted octanol–water partition coefficient (Wildman–Crippen LogP) is 3.17. The highest BCUT2D eigenvalue weighted by Gasteiger charge is 2.22. The first kappa shape index (κ1) is 19.3. The van der Waals surface area contributed by atoms with Crippen molar-refractivity contribution in [3.05, 3.63) is 46.1 Å². The van der Waals surface area contributed by atoms with Gasteiger partial charge >= 0.3 is 0 Å². The van der Waals surface area contributed by atoms with E-state index in [0.29, 0.717) is 17.4 Å². The molecule has 0 spiro atoms. The van der Waals surface area contributed by atoms with Gasteiger partial charge in [0.25, 0.3) is 5.91 Å². The molecule has 0 saturated carbocycles. The molecule has 0 bridgehead atoms. The molecule has 0 unspecified atom stereocenters. The number of anilines is 1. The third-order valence-corrected chi connectivity index (χ3v) is 5.29. The van der Waals surface area contributed by atoms with Gasteiger partial charge in [0.2, 0.25) is 0 Å². The van der Waals surface area contributed by atoms with Crippen LogP contribution in [0.1, 0.15) is 26.6 Å². The van der Waals surface area contributed by atoms with E-state index in [1.807, 2.05) is 31.2 Å². The number of aromatic nitrogens is 3. The number of hydrogen-bond acceptors (Lipinski definition) is 6. The first-order valence-corrected chi connectivity index (χ1v) is 9.17. The molecular formula is C18H20ClN5O2S. The van der Waals surface area contributed by atoms with Crippen LogP contribution in [0.4, 0.5) is 5.13 Å². The first-order chi connectivity index (χ1) is 12.7. The maximum Gasteiger partial charge on any atom is 0.278 e. The number of hydrogen-bond donors (Lipinski definition) is 3. The van der Waals surface area contributed by atoms with Crippen LogP contribution in [-0.4, -0.2) is 34.7 Å². The van der Waals surface area contributed by atoms with Crippen LogP contribution in [0.15, 0.2) is 24.3 Å². The average molecular weight is 406 g/mol. The van der Waals surface area contributed by atoms with Gasteiger partial charge < -0.3 is 10.1 Å². The Morgan fingerprint density at radius 2 is 2.07 bits per heavy atom. The Kier molecular flexibility index (Phi) is 5.79. The first-order valence-electron chi connectivity index (χ1n) is 8.35. The van der Waals surface area contributed by atoms with Crippen molar-refractivity contribution >= 4 is 34.8 Å². The minimum atomic E-state index is -0.235. The zero-order valence-electron chi connectivity index (χ0n) is 15.0. The summed E-state index contributed by atoms with van der Waals surface area (Å²) in [4.78, 5) is 18.2. The number of ether oxygens (including phenoxy) is 1. The summed E-state index contributed by atoms with van der Waals surface area (Å²) in [5.74, 6) is 0.563. The smallest absolute Gasteiger partial charge is 0.278 e. The zero-order valence-corrected chi connectivity index (χ0v) is 16.6. The van der Waals surface area contributed by atoms with Gasteiger partial charge in [-0.25, -0.2) is 4.98 Å². The van der Waals surface area contributed by atoms with Crippen LogP contribution in [0.3, 0.4) is 0 Å². The maximum absolute atomic E-state index is 12.6. The Bertz CT molecular complexity index is 951. The van der Waals surface area contributed by atoms with Gasteiger partial charge in [0, 0.05) is 41.2 Å². The minimum absolute atomic E-state index is 0. The highest BCUT2D eigenvalue weighted by molar-refractivity contribution is 7.16. The topological polar surface area (TPSA) is 91.9 Å². The number of halogens is 1. The Labute approximate surface area is 167 Å². The lowest BCUT2D eigenvalue weighted by Gasteiger charge is -2.12. The second-order valence-electron chi connectivity index (χ2n) is 6.06. The lowest BCUT2D eigenvalue weighted by Crippen LogP contribution is -2.25. The number of benzene rings is 1. The average Bonchev–Trinajstić information content (AvgIpc) is 3.25. The van der Waals surface area contributed by atoms with Gasteiger partial charge in [-0.15, -0.1) is 23.7 Å². The van der Waals surface area contributed by atoms with Crippen LogP contribution in [-0.2, 0) is 13.0 Å². The molecule has 0 atom stereocenters. The van der Waals surface area contributed by atoms with Crippen molar-refractivity contribution in [3.8, 4) is 17.0 Å². The number of aryl methyl sites for hydroxylation is 1. The molecule has 1 aromatic carbocycles. The number of carbonyl (C=O) groups is 1. The molecule has 3 aromatic rings. The Morgan fingerprint density at radius 1 is 1.30 bits per heavy atom. The molecule has 3 N–H and O–H groups in total. The fraction of sp³-hybridized carbons (Fsp3) is 0.278. The Morgan fingerprint density at radius 3 is 2.81 bits per heavy atom. The number of thiazole rings is 1. The number of methoxy groups -OCH3 is 1. The second kappa shape index (κ2) is 8.08. The van der Waals surface area contributed by atoms with Gasteiger partial charge in [0.1, 0.15) is 5.75 Å². The standard InChI is InChI=1S/C18H19N5O2S.ClH/c1-10-15(11-3-5-12(25-2)6-4-11)20-18(26-10)21-17(24)16-13-9-19-8-7-14(13)22-23-16;/h3-6,19H,7-9H2,1-2H3,(H,22,23)(H,20,21,24);1H. The molecule has 1 aliphatic heterocycles. The Balaban J connectivity index is 0.00000210. The number of nitrogens with one attached hydrogen (secondary N) is 3. The van der Waals surface area contributed by atoms with E-state index >= 15 is 0 Å². The summed E-state index contributed by atoms with van der Waals surface area (Å²) in [6, 6.07) is 7.72. The molecule has 0 radical (unpaired) electrons. The molecule has 142 valence electrons. The van der Waals surface area contributed by atoms with E-state index in [4.69, 9.17) is 4.74 Å². The molecule has 9 heteroatoms. The van der Waals surface area contributed by atoms with E-state index in [2.05, 4.69) is 25.8 Å². The van der Waals surface area contributed by atoms with Gasteiger partial charge in [-0.2, -0.15) is 5.10 Å². The number of carbonyl (C=O) groups excluding carboxylic acids is 1. The van der Waals surface area contributed by atoms with Crippen LogP contribution in [0, 0.1) is 6.92 Å². The normalized spacial score (nSPS) is 12.8. The van der Waals surface area contributed by atoms with Crippen LogP contribution in [0.5, 0.6) is 5.75 Å². The van der Waals surface area contributed by atoms with E-state index in [-0.39, 0.29) is 18.3 Å². The largest absolute Gasteiger partial charge is 0.497 e. The third-order valence-electron chi connectivity index (χ3n) is 4.40. The maximum atomic E-state index is 12.6. The van der Waals surface area contributed by atoms with E-state index in [0.717, 1.165) is 46.1 Å². The number of aromatic amines is 1. The van der Waals surface area contributed by atoms with Crippen molar-refractivity contribution in [1.82, 2.24) is 20.5 Å². The molecule has 0 fully saturated rings. The van der Waals surface area contributed by atoms with Gasteiger partial charge in [-0.1, -0.05) is 0 Å². The molecule has 4 rings (SSSR count). The second-order valence-corrected chi connectivity index (χ2v) is 7.27. The van der Waals surface area contributed by atoms with Crippen molar-refractivity contribution in [2.75, 3.05) is 19.0 Å². The monoisotopic (exact) mass is 405 g/mol. The minimum Gasteiger partial charge on any atom is -0.497 e. The molecule has 3 heterocycles. The van der Waals surface area contributed by atoms with Gasteiger partial charge in [-0.3, -0.25) is 15.2 Å². The molecule has 1 amide bonds. The lowest BCUT2D eigenvalue weighted by molar-refractivity contribution is 0.102. The SMILES string of the molecule is COc1ccc(-c2nc(NC(=O)c3n[nH]c4c3CNCC4)sc2C)cc1.Cl. The summed E-state index contributed by atoms with van der Waals surface area (Å²) < 4.78 is 5.19. The quantitative estimate of drug-likeness (QED) is 0.620. The van der Waals surface area contributed by atoms with Gasteiger partial charge in [-0.05, 0) is 31.2 Å². The predicted molar refractivity (Wildman–Crippen MR) is 108 cm³/mol. The fourth-order valence-electron chi connectivity index (χ4n) is 3.04. The van der Waals surface area contributed by atoms with E-state index in [1.165, 1.54) is 11.3 Å². The summed E-state index contributed by atoms with van der Waals surface area (Å²) in [5.41, 5.74) is 4.26. The summed E-state index contributed by atoms with van der Waals surface area (Å²) in [5, 5.41) is 13.9. The number of fused-ring (bicyclic) bond motifs is 1. The number of nitrogens with zero attached hydrogens (tertiary/aromatic N) is 2. The summed E-state index contributed by atoms with van der Waals surface area (Å²) in [6.07, 6.45) is 0.855. The summed E-state index contributed by atoms with van der Waals surface area (Å²) in [6.45, 7) is 3.54. The molecule has 0 aliphatic carbocycles. The van der Waals surface area contributed by atoms with E-state index in [1.54, 1.807) is 7.11 Å². The van der Waals surface area contributed by atoms with Gasteiger partial charge in [0.05, 0.1) is 12.8 Å². The number of amides is 1. The third kappa shape index (κ3) is 3.83. The van der Waals surface area contributed by atoms with Crippen LogP contribution in [0.25, 0.3) is 11.3 Å². The van der Waals surface area contributed by atoms with Crippen LogP contribution in [0.2, 0.25) is 0 Å². The highest BCUT2D eigenvalue weighted by atomic mass is 35.5. The van der Waals surface area contributed by atoms with Crippen molar-refractivity contribution in [2.24, 2.45) is 0 Å². The van der Waals surface area contributed by atoms with Crippen molar-refractivity contribution in [1.29, 1.82) is 0 Å². The van der Waals surface area contributed by atoms with Gasteiger partial charge in [0.15, 0.2) is 10.8 Å². The van der Waals surface area contributed by atoms with E-state index < -0.39 is 0 Å². The summed E-state index contributed by atoms with van der Waals surface area (Å²) >= 11 is 1.45. The molecule has 1 aliphatic rings. The summed E-state index contributed by atoms with van der Waals surface area (Å²) in [7, 11) is 1.64. The molecule has 0 saturated heterocycles. The highest BCUT2D eigenvalue weighted by Crippen LogP contribution is 2.31. The molecule has 7 nitrogen and oxygen atoms in total. The lowest BCUT2D eigenvalue weighted by atomic mass is 10.1. The van der Waals surface area contributed by atoms with Crippen molar-refractivity contribution in [3.63, 3.8) is 0 Å². The van der Waals surface area contributed by atoms with Crippen LogP contribution < -0.4 is 15.4 Å². The molecular weight excluding hydrogens is 386 g/mol. The molecule has 2 aromatic heterocycles.